The molecule has 0 saturated heterocycles. The Morgan fingerprint density at radius 3 is 2.16 bits per heavy atom. The number of aryl methyl sites for hydroxylation is 1. The molecule has 0 bridgehead atoms. The van der Waals surface area contributed by atoms with Crippen molar-refractivity contribution in [3.8, 4) is 0 Å². The first-order valence-corrected chi connectivity index (χ1v) is 7.69. The van der Waals surface area contributed by atoms with E-state index in [1.165, 1.54) is 6.07 Å². The molecule has 128 valence electrons. The van der Waals surface area contributed by atoms with Gasteiger partial charge in [-0.25, -0.2) is 8.78 Å². The molecule has 2 aliphatic carbocycles. The maximum atomic E-state index is 13.1. The monoisotopic (exact) mass is 345 g/mol. The maximum Gasteiger partial charge on any atom is 0.273 e. The van der Waals surface area contributed by atoms with E-state index >= 15 is 0 Å². The largest absolute Gasteiger partial charge is 0.294 e. The summed E-state index contributed by atoms with van der Waals surface area (Å²) in [5, 5.41) is 10.6. The van der Waals surface area contributed by atoms with Crippen LogP contribution in [0.4, 0.5) is 14.5 Å². The van der Waals surface area contributed by atoms with Crippen LogP contribution in [-0.4, -0.2) is 16.5 Å². The van der Waals surface area contributed by atoms with Crippen LogP contribution in [0.2, 0.25) is 0 Å². The predicted molar refractivity (Wildman–Crippen MR) is 84.8 cm³/mol. The number of Topliss-reactive ketones (excluding diaryl/α,β-unsaturated/α-hetero) is 2. The molecule has 4 rings (SSSR count). The summed E-state index contributed by atoms with van der Waals surface area (Å²) in [4.78, 5) is 32.2. The number of hydrogen-bond donors (Lipinski definition) is 0. The Balaban J connectivity index is 0.000000150. The van der Waals surface area contributed by atoms with Gasteiger partial charge in [-0.1, -0.05) is 12.1 Å². The number of hydrogen-bond acceptors (Lipinski definition) is 4. The van der Waals surface area contributed by atoms with Crippen molar-refractivity contribution >= 4 is 17.3 Å². The zero-order valence-corrected chi connectivity index (χ0v) is 13.1. The molecule has 0 fully saturated rings. The van der Waals surface area contributed by atoms with E-state index in [0.29, 0.717) is 18.4 Å². The Labute approximate surface area is 141 Å². The van der Waals surface area contributed by atoms with Crippen molar-refractivity contribution in [3.05, 3.63) is 74.3 Å². The topological polar surface area (TPSA) is 77.3 Å². The zero-order chi connectivity index (χ0) is 18.1. The number of carbonyl (C=O) groups is 2. The van der Waals surface area contributed by atoms with Crippen LogP contribution in [0, 0.1) is 21.7 Å². The molecule has 0 unspecified atom stereocenters. The molecule has 2 aromatic carbocycles. The van der Waals surface area contributed by atoms with Gasteiger partial charge >= 0.3 is 0 Å². The molecule has 0 N–H and O–H groups in total. The molecule has 0 spiro atoms. The summed E-state index contributed by atoms with van der Waals surface area (Å²) in [5.74, 6) is -1.43. The van der Waals surface area contributed by atoms with Gasteiger partial charge in [0.2, 0.25) is 0 Å². The lowest BCUT2D eigenvalue weighted by Crippen LogP contribution is -1.99. The standard InChI is InChI=1S/C9H6FNO3.C9H7FO/c10-6-2-3-7(11(13)14)5-1-4-8(12)9(5)6;10-7-3-1-2-6-4-5-8(11)9(6)7/h2-3H,1,4H2;1-3H,4-5H2. The third kappa shape index (κ3) is 3.05. The fraction of sp³-hybridized carbons (Fsp3) is 0.222. The van der Waals surface area contributed by atoms with Crippen LogP contribution >= 0.6 is 0 Å². The molecule has 0 radical (unpaired) electrons. The molecule has 0 amide bonds. The van der Waals surface area contributed by atoms with Gasteiger partial charge in [-0.15, -0.1) is 0 Å². The van der Waals surface area contributed by atoms with E-state index in [0.717, 1.165) is 17.7 Å². The first-order valence-electron chi connectivity index (χ1n) is 7.69. The van der Waals surface area contributed by atoms with Gasteiger partial charge in [0, 0.05) is 24.5 Å². The van der Waals surface area contributed by atoms with Gasteiger partial charge in [0.1, 0.15) is 11.6 Å². The molecule has 0 atom stereocenters. The second-order valence-electron chi connectivity index (χ2n) is 5.80. The number of carbonyl (C=O) groups excluding carboxylic acids is 2. The first-order chi connectivity index (χ1) is 11.9. The number of halogens is 2. The normalized spacial score (nSPS) is 14.6. The minimum atomic E-state index is -0.659. The minimum absolute atomic E-state index is 0.0573. The average Bonchev–Trinajstić information content (AvgIpc) is 3.13. The summed E-state index contributed by atoms with van der Waals surface area (Å²) < 4.78 is 26.1. The molecule has 25 heavy (non-hydrogen) atoms. The van der Waals surface area contributed by atoms with Crippen molar-refractivity contribution < 1.29 is 23.3 Å². The Bertz CT molecular complexity index is 908. The number of nitro groups is 1. The molecule has 2 aromatic rings. The van der Waals surface area contributed by atoms with E-state index in [4.69, 9.17) is 0 Å². The molecule has 0 aromatic heterocycles. The molecule has 2 aliphatic rings. The van der Waals surface area contributed by atoms with E-state index < -0.39 is 10.7 Å². The number of fused-ring (bicyclic) bond motifs is 2. The van der Waals surface area contributed by atoms with Crippen molar-refractivity contribution in [1.82, 2.24) is 0 Å². The lowest BCUT2D eigenvalue weighted by Gasteiger charge is -2.00. The Kier molecular flexibility index (Phi) is 4.39. The molecule has 0 heterocycles. The van der Waals surface area contributed by atoms with Crippen molar-refractivity contribution in [2.24, 2.45) is 0 Å². The third-order valence-corrected chi connectivity index (χ3v) is 4.32. The van der Waals surface area contributed by atoms with Gasteiger partial charge in [-0.3, -0.25) is 19.7 Å². The van der Waals surface area contributed by atoms with E-state index in [9.17, 15) is 28.5 Å². The second kappa shape index (κ2) is 6.51. The zero-order valence-electron chi connectivity index (χ0n) is 13.1. The van der Waals surface area contributed by atoms with Crippen LogP contribution in [0.1, 0.15) is 44.7 Å². The van der Waals surface area contributed by atoms with Crippen LogP contribution in [0.15, 0.2) is 30.3 Å². The van der Waals surface area contributed by atoms with Gasteiger partial charge < -0.3 is 0 Å². The summed E-state index contributed by atoms with van der Waals surface area (Å²) in [6.45, 7) is 0. The van der Waals surface area contributed by atoms with Gasteiger partial charge in [-0.2, -0.15) is 0 Å². The van der Waals surface area contributed by atoms with Crippen LogP contribution in [0.25, 0.3) is 0 Å². The molecule has 0 aliphatic heterocycles. The van der Waals surface area contributed by atoms with E-state index in [2.05, 4.69) is 0 Å². The fourth-order valence-corrected chi connectivity index (χ4v) is 3.16. The summed E-state index contributed by atoms with van der Waals surface area (Å²) in [5.41, 5.74) is 1.15. The lowest BCUT2D eigenvalue weighted by molar-refractivity contribution is -0.385. The minimum Gasteiger partial charge on any atom is -0.294 e. The molecular weight excluding hydrogens is 332 g/mol. The lowest BCUT2D eigenvalue weighted by atomic mass is 10.1. The molecule has 7 heteroatoms. The fourth-order valence-electron chi connectivity index (χ4n) is 3.16. The number of benzene rings is 2. The molecule has 5 nitrogen and oxygen atoms in total. The Morgan fingerprint density at radius 2 is 1.48 bits per heavy atom. The molecule has 0 saturated carbocycles. The second-order valence-corrected chi connectivity index (χ2v) is 5.80. The van der Waals surface area contributed by atoms with E-state index in [-0.39, 0.29) is 47.0 Å². The third-order valence-electron chi connectivity index (χ3n) is 4.32. The van der Waals surface area contributed by atoms with Crippen LogP contribution in [0.3, 0.4) is 0 Å². The Hall–Kier alpha value is -2.96. The average molecular weight is 345 g/mol. The van der Waals surface area contributed by atoms with Crippen LogP contribution in [-0.2, 0) is 12.8 Å². The predicted octanol–water partition coefficient (Wildman–Crippen LogP) is 3.82. The highest BCUT2D eigenvalue weighted by Crippen LogP contribution is 2.32. The maximum absolute atomic E-state index is 13.1. The highest BCUT2D eigenvalue weighted by atomic mass is 19.1. The van der Waals surface area contributed by atoms with Crippen LogP contribution < -0.4 is 0 Å². The number of nitro benzene ring substituents is 1. The summed E-state index contributed by atoms with van der Waals surface area (Å²) >= 11 is 0. The van der Waals surface area contributed by atoms with E-state index in [1.807, 2.05) is 6.07 Å². The highest BCUT2D eigenvalue weighted by Gasteiger charge is 2.30. The Morgan fingerprint density at radius 1 is 0.840 bits per heavy atom. The SMILES string of the molecule is O=C1CCc2c([N+](=O)[O-])ccc(F)c21.O=C1CCc2cccc(F)c21. The summed E-state index contributed by atoms with van der Waals surface area (Å²) in [7, 11) is 0. The van der Waals surface area contributed by atoms with Gasteiger partial charge in [0.25, 0.3) is 5.69 Å². The van der Waals surface area contributed by atoms with Gasteiger partial charge in [-0.05, 0) is 30.5 Å². The summed E-state index contributed by atoms with van der Waals surface area (Å²) in [6, 6.07) is 6.87. The molecular formula is C18H13F2NO4. The van der Waals surface area contributed by atoms with Crippen molar-refractivity contribution in [2.45, 2.75) is 25.7 Å². The number of rotatable bonds is 1. The number of nitrogens with zero attached hydrogens (tertiary/aromatic N) is 1. The van der Waals surface area contributed by atoms with Gasteiger partial charge in [0.15, 0.2) is 11.6 Å². The quantitative estimate of drug-likeness (QED) is 0.581. The van der Waals surface area contributed by atoms with Gasteiger partial charge in [0.05, 0.1) is 16.1 Å². The highest BCUT2D eigenvalue weighted by molar-refractivity contribution is 6.02. The van der Waals surface area contributed by atoms with Crippen molar-refractivity contribution in [3.63, 3.8) is 0 Å². The summed E-state index contributed by atoms with van der Waals surface area (Å²) in [6.07, 6.45) is 1.60. The number of ketones is 2. The van der Waals surface area contributed by atoms with Crippen molar-refractivity contribution in [2.75, 3.05) is 0 Å². The van der Waals surface area contributed by atoms with E-state index in [1.54, 1.807) is 6.07 Å². The van der Waals surface area contributed by atoms with Crippen LogP contribution in [0.5, 0.6) is 0 Å². The first kappa shape index (κ1) is 16.9. The smallest absolute Gasteiger partial charge is 0.273 e. The van der Waals surface area contributed by atoms with Crippen molar-refractivity contribution in [1.29, 1.82) is 0 Å².